The molecule has 1 heterocycles. The van der Waals surface area contributed by atoms with Gasteiger partial charge in [-0.25, -0.2) is 0 Å². The molecule has 0 radical (unpaired) electrons. The number of amides is 1. The van der Waals surface area contributed by atoms with E-state index in [2.05, 4.69) is 15.5 Å². The highest BCUT2D eigenvalue weighted by atomic mass is 35.5. The van der Waals surface area contributed by atoms with E-state index >= 15 is 0 Å². The Hall–Kier alpha value is -2.42. The molecule has 186 valence electrons. The summed E-state index contributed by atoms with van der Waals surface area (Å²) in [4.78, 5) is 12.9. The molecule has 36 heavy (non-hydrogen) atoms. The molecule has 4 rings (SSSR count). The number of carbonyl (C=O) groups is 1. The lowest BCUT2D eigenvalue weighted by Gasteiger charge is -2.17. The van der Waals surface area contributed by atoms with E-state index in [-0.39, 0.29) is 5.91 Å². The number of hydrogen-bond acceptors (Lipinski definition) is 5. The van der Waals surface area contributed by atoms with Gasteiger partial charge in [-0.15, -0.1) is 10.2 Å². The molecule has 11 heteroatoms. The van der Waals surface area contributed by atoms with Gasteiger partial charge in [0.15, 0.2) is 11.0 Å². The van der Waals surface area contributed by atoms with Gasteiger partial charge in [-0.1, -0.05) is 70.3 Å². The Morgan fingerprint density at radius 3 is 2.47 bits per heavy atom. The number of methoxy groups -OCH3 is 1. The molecule has 1 N–H and O–H groups in total. The van der Waals surface area contributed by atoms with Crippen LogP contribution in [0.15, 0.2) is 65.8 Å². The van der Waals surface area contributed by atoms with Crippen LogP contribution in [0.1, 0.15) is 34.7 Å². The fourth-order valence-corrected chi connectivity index (χ4v) is 5.27. The van der Waals surface area contributed by atoms with Crippen LogP contribution in [0.5, 0.6) is 5.75 Å². The van der Waals surface area contributed by atoms with Gasteiger partial charge in [0.2, 0.25) is 0 Å². The van der Waals surface area contributed by atoms with Crippen molar-refractivity contribution in [3.63, 3.8) is 0 Å². The molecule has 6 nitrogen and oxygen atoms in total. The molecule has 0 aliphatic rings. The number of thioether (sulfide) groups is 1. The van der Waals surface area contributed by atoms with Crippen molar-refractivity contribution in [2.24, 2.45) is 0 Å². The van der Waals surface area contributed by atoms with Crippen LogP contribution in [-0.2, 0) is 5.75 Å². The van der Waals surface area contributed by atoms with Gasteiger partial charge in [0, 0.05) is 26.4 Å². The van der Waals surface area contributed by atoms with Crippen LogP contribution < -0.4 is 10.1 Å². The summed E-state index contributed by atoms with van der Waals surface area (Å²) in [5.74, 6) is 1.50. The Kier molecular flexibility index (Phi) is 8.70. The fourth-order valence-electron chi connectivity index (χ4n) is 3.48. The zero-order chi connectivity index (χ0) is 25.8. The molecule has 0 bridgehead atoms. The molecule has 0 aliphatic heterocycles. The third-order valence-electron chi connectivity index (χ3n) is 5.17. The van der Waals surface area contributed by atoms with E-state index in [4.69, 9.17) is 51.1 Å². The maximum Gasteiger partial charge on any atom is 0.251 e. The Morgan fingerprint density at radius 2 is 1.75 bits per heavy atom. The first-order chi connectivity index (χ1) is 17.2. The van der Waals surface area contributed by atoms with E-state index in [1.807, 2.05) is 24.3 Å². The normalized spacial score (nSPS) is 11.8. The number of nitrogens with one attached hydrogen (secondary N) is 1. The van der Waals surface area contributed by atoms with Crippen molar-refractivity contribution >= 4 is 64.1 Å². The molecule has 1 aromatic heterocycles. The van der Waals surface area contributed by atoms with Crippen LogP contribution in [0.3, 0.4) is 0 Å². The number of benzene rings is 3. The number of aromatic nitrogens is 3. The van der Waals surface area contributed by atoms with Gasteiger partial charge in [-0.05, 0) is 61.0 Å². The van der Waals surface area contributed by atoms with Gasteiger partial charge in [0.25, 0.3) is 5.91 Å². The van der Waals surface area contributed by atoms with Gasteiger partial charge in [0.05, 0.1) is 23.9 Å². The number of rotatable bonds is 8. The van der Waals surface area contributed by atoms with Crippen molar-refractivity contribution in [3.05, 3.63) is 97.7 Å². The fraction of sp³-hybridized carbons (Fsp3) is 0.160. The summed E-state index contributed by atoms with van der Waals surface area (Å²) < 4.78 is 7.12. The van der Waals surface area contributed by atoms with Crippen LogP contribution in [0.4, 0.5) is 0 Å². The second-order valence-electron chi connectivity index (χ2n) is 7.77. The molecule has 3 aromatic carbocycles. The van der Waals surface area contributed by atoms with Gasteiger partial charge >= 0.3 is 0 Å². The predicted molar refractivity (Wildman–Crippen MR) is 146 cm³/mol. The highest BCUT2D eigenvalue weighted by Crippen LogP contribution is 2.33. The maximum absolute atomic E-state index is 12.9. The second kappa shape index (κ2) is 11.8. The van der Waals surface area contributed by atoms with Gasteiger partial charge < -0.3 is 10.1 Å². The van der Waals surface area contributed by atoms with E-state index in [1.54, 1.807) is 55.0 Å². The first-order valence-electron chi connectivity index (χ1n) is 10.7. The molecule has 0 saturated heterocycles. The third kappa shape index (κ3) is 6.28. The third-order valence-corrected chi connectivity index (χ3v) is 7.16. The summed E-state index contributed by atoms with van der Waals surface area (Å²) in [6, 6.07) is 17.0. The lowest BCUT2D eigenvalue weighted by molar-refractivity contribution is 0.0938. The van der Waals surface area contributed by atoms with Crippen molar-refractivity contribution in [2.45, 2.75) is 23.9 Å². The Labute approximate surface area is 232 Å². The summed E-state index contributed by atoms with van der Waals surface area (Å²) in [7, 11) is 1.63. The van der Waals surface area contributed by atoms with E-state index < -0.39 is 6.04 Å². The minimum Gasteiger partial charge on any atom is -0.497 e. The maximum atomic E-state index is 12.9. The Balaban J connectivity index is 1.67. The molecule has 0 aliphatic carbocycles. The first kappa shape index (κ1) is 26.6. The lowest BCUT2D eigenvalue weighted by Crippen LogP contribution is -2.28. The average Bonchev–Trinajstić information content (AvgIpc) is 3.27. The summed E-state index contributed by atoms with van der Waals surface area (Å²) in [6.45, 7) is 1.81. The van der Waals surface area contributed by atoms with Crippen LogP contribution in [0.2, 0.25) is 20.1 Å². The van der Waals surface area contributed by atoms with E-state index in [1.165, 1.54) is 11.8 Å². The van der Waals surface area contributed by atoms with Crippen molar-refractivity contribution in [1.82, 2.24) is 20.1 Å². The number of nitrogens with zero attached hydrogens (tertiary/aromatic N) is 3. The van der Waals surface area contributed by atoms with Crippen molar-refractivity contribution in [2.75, 3.05) is 7.11 Å². The minimum atomic E-state index is -0.538. The summed E-state index contributed by atoms with van der Waals surface area (Å²) >= 11 is 26.4. The predicted octanol–water partition coefficient (Wildman–Crippen LogP) is 7.67. The molecule has 4 aromatic rings. The second-order valence-corrected chi connectivity index (χ2v) is 10.4. The molecule has 1 unspecified atom stereocenters. The minimum absolute atomic E-state index is 0.332. The first-order valence-corrected chi connectivity index (χ1v) is 13.2. The number of ether oxygens (including phenoxy) is 1. The highest BCUT2D eigenvalue weighted by Gasteiger charge is 2.23. The number of halogens is 4. The number of hydrogen-bond donors (Lipinski definition) is 1. The van der Waals surface area contributed by atoms with Crippen LogP contribution in [0, 0.1) is 0 Å². The monoisotopic (exact) mass is 580 g/mol. The Bertz CT molecular complexity index is 1390. The Morgan fingerprint density at radius 1 is 1.00 bits per heavy atom. The van der Waals surface area contributed by atoms with Crippen LogP contribution in [0.25, 0.3) is 5.69 Å². The zero-order valence-electron chi connectivity index (χ0n) is 19.1. The van der Waals surface area contributed by atoms with Gasteiger partial charge in [-0.3, -0.25) is 9.36 Å². The van der Waals surface area contributed by atoms with Crippen LogP contribution >= 0.6 is 58.2 Å². The summed E-state index contributed by atoms with van der Waals surface area (Å²) in [6.07, 6.45) is 0. The standard InChI is InChI=1S/C25H20Cl4N4O2S/c1-14(30-24(34)16-9-18(27)11-19(28)10-16)23-31-32-25(33(23)22-12-17(26)6-7-21(22)29)36-13-15-4-3-5-20(8-15)35-2/h3-12,14H,13H2,1-2H3,(H,30,34). The van der Waals surface area contributed by atoms with E-state index in [0.717, 1.165) is 11.3 Å². The molecule has 1 atom stereocenters. The highest BCUT2D eigenvalue weighted by molar-refractivity contribution is 7.98. The molecule has 0 saturated carbocycles. The molecule has 0 spiro atoms. The van der Waals surface area contributed by atoms with Crippen LogP contribution in [-0.4, -0.2) is 27.8 Å². The van der Waals surface area contributed by atoms with Crippen molar-refractivity contribution in [3.8, 4) is 11.4 Å². The lowest BCUT2D eigenvalue weighted by atomic mass is 10.2. The van der Waals surface area contributed by atoms with E-state index in [0.29, 0.717) is 48.1 Å². The van der Waals surface area contributed by atoms with Crippen molar-refractivity contribution < 1.29 is 9.53 Å². The van der Waals surface area contributed by atoms with Gasteiger partial charge in [0.1, 0.15) is 5.75 Å². The zero-order valence-corrected chi connectivity index (χ0v) is 23.0. The molecular formula is C25H20Cl4N4O2S. The molecule has 1 amide bonds. The SMILES string of the molecule is COc1cccc(CSc2nnc(C(C)NC(=O)c3cc(Cl)cc(Cl)c3)n2-c2cc(Cl)ccc2Cl)c1. The molecular weight excluding hydrogens is 562 g/mol. The average molecular weight is 582 g/mol. The topological polar surface area (TPSA) is 69.0 Å². The van der Waals surface area contributed by atoms with Gasteiger partial charge in [-0.2, -0.15) is 0 Å². The largest absolute Gasteiger partial charge is 0.497 e. The smallest absolute Gasteiger partial charge is 0.251 e. The quantitative estimate of drug-likeness (QED) is 0.216. The summed E-state index contributed by atoms with van der Waals surface area (Å²) in [5, 5.41) is 14.0. The molecule has 0 fully saturated rings. The van der Waals surface area contributed by atoms with Crippen molar-refractivity contribution in [1.29, 1.82) is 0 Å². The summed E-state index contributed by atoms with van der Waals surface area (Å²) in [5.41, 5.74) is 1.98. The number of carbonyl (C=O) groups excluding carboxylic acids is 1. The van der Waals surface area contributed by atoms with E-state index in [9.17, 15) is 4.79 Å².